The largest absolute Gasteiger partial charge is 0.496 e. The van der Waals surface area contributed by atoms with E-state index in [0.717, 1.165) is 0 Å². The highest BCUT2D eigenvalue weighted by atomic mass is 16.6. The molecule has 18 heavy (non-hydrogen) atoms. The summed E-state index contributed by atoms with van der Waals surface area (Å²) in [5, 5.41) is 9.85. The topological polar surface area (TPSA) is 74.2 Å². The highest BCUT2D eigenvalue weighted by Crippen LogP contribution is 2.39. The smallest absolute Gasteiger partial charge is 0.339 e. The first-order valence-electron chi connectivity index (χ1n) is 5.40. The first-order chi connectivity index (χ1) is 8.67. The van der Waals surface area contributed by atoms with Crippen LogP contribution < -0.4 is 14.2 Å². The van der Waals surface area contributed by atoms with Crippen molar-refractivity contribution >= 4 is 5.97 Å². The predicted octanol–water partition coefficient (Wildman–Crippen LogP) is 0.673. The van der Waals surface area contributed by atoms with Crippen LogP contribution in [0.5, 0.6) is 17.2 Å². The summed E-state index contributed by atoms with van der Waals surface area (Å²) in [5.41, 5.74) is 0.286. The van der Waals surface area contributed by atoms with Crippen molar-refractivity contribution in [3.05, 3.63) is 17.7 Å². The summed E-state index contributed by atoms with van der Waals surface area (Å²) < 4.78 is 20.4. The van der Waals surface area contributed by atoms with Gasteiger partial charge in [-0.25, -0.2) is 4.79 Å². The van der Waals surface area contributed by atoms with Gasteiger partial charge in [0.15, 0.2) is 17.6 Å². The molecule has 0 radical (unpaired) electrons. The molecule has 1 atom stereocenters. The van der Waals surface area contributed by atoms with E-state index in [2.05, 4.69) is 4.74 Å². The maximum absolute atomic E-state index is 11.3. The molecule has 0 bridgehead atoms. The molecular formula is C12H14O6. The summed E-state index contributed by atoms with van der Waals surface area (Å²) in [7, 11) is 2.65. The molecule has 0 spiro atoms. The SMILES string of the molecule is COC(=O)C(O)c1cc2c(cc1OC)OCCO2. The molecule has 1 aromatic rings. The maximum atomic E-state index is 11.3. The fourth-order valence-electron chi connectivity index (χ4n) is 1.71. The monoisotopic (exact) mass is 254 g/mol. The molecule has 2 rings (SSSR count). The third kappa shape index (κ3) is 2.19. The second-order valence-electron chi connectivity index (χ2n) is 3.66. The quantitative estimate of drug-likeness (QED) is 0.799. The van der Waals surface area contributed by atoms with Crippen molar-refractivity contribution in [1.82, 2.24) is 0 Å². The Morgan fingerprint density at radius 1 is 1.28 bits per heavy atom. The molecule has 1 aliphatic rings. The average molecular weight is 254 g/mol. The van der Waals surface area contributed by atoms with Gasteiger partial charge in [-0.15, -0.1) is 0 Å². The number of hydrogen-bond acceptors (Lipinski definition) is 6. The molecule has 0 amide bonds. The molecule has 0 fully saturated rings. The fourth-order valence-corrected chi connectivity index (χ4v) is 1.71. The van der Waals surface area contributed by atoms with E-state index in [1.54, 1.807) is 6.07 Å². The number of esters is 1. The van der Waals surface area contributed by atoms with Gasteiger partial charge in [0, 0.05) is 11.6 Å². The summed E-state index contributed by atoms with van der Waals surface area (Å²) in [6, 6.07) is 3.10. The van der Waals surface area contributed by atoms with Crippen LogP contribution in [0.25, 0.3) is 0 Å². The molecule has 1 heterocycles. The lowest BCUT2D eigenvalue weighted by Gasteiger charge is -2.21. The van der Waals surface area contributed by atoms with Crippen LogP contribution in [0.15, 0.2) is 12.1 Å². The van der Waals surface area contributed by atoms with Crippen LogP contribution in [-0.4, -0.2) is 38.5 Å². The molecule has 1 aromatic carbocycles. The number of aliphatic hydroxyl groups is 1. The molecule has 1 N–H and O–H groups in total. The van der Waals surface area contributed by atoms with Crippen LogP contribution >= 0.6 is 0 Å². The van der Waals surface area contributed by atoms with Crippen molar-refractivity contribution < 1.29 is 28.8 Å². The number of aliphatic hydroxyl groups excluding tert-OH is 1. The number of rotatable bonds is 3. The van der Waals surface area contributed by atoms with E-state index in [-0.39, 0.29) is 5.56 Å². The third-order valence-corrected chi connectivity index (χ3v) is 2.61. The zero-order valence-corrected chi connectivity index (χ0v) is 10.1. The Kier molecular flexibility index (Phi) is 3.57. The van der Waals surface area contributed by atoms with Crippen LogP contribution in [0.3, 0.4) is 0 Å². The van der Waals surface area contributed by atoms with Gasteiger partial charge < -0.3 is 24.1 Å². The molecule has 98 valence electrons. The lowest BCUT2D eigenvalue weighted by atomic mass is 10.1. The maximum Gasteiger partial charge on any atom is 0.339 e. The second kappa shape index (κ2) is 5.14. The Morgan fingerprint density at radius 3 is 2.44 bits per heavy atom. The van der Waals surface area contributed by atoms with Crippen molar-refractivity contribution in [1.29, 1.82) is 0 Å². The molecule has 0 aromatic heterocycles. The van der Waals surface area contributed by atoms with E-state index >= 15 is 0 Å². The summed E-state index contributed by atoms with van der Waals surface area (Å²) in [5.74, 6) is 0.584. The predicted molar refractivity (Wildman–Crippen MR) is 61.0 cm³/mol. The standard InChI is InChI=1S/C12H14O6/c1-15-8-6-10-9(17-3-4-18-10)5-7(8)11(13)12(14)16-2/h5-6,11,13H,3-4H2,1-2H3. The van der Waals surface area contributed by atoms with Crippen LogP contribution in [-0.2, 0) is 9.53 Å². The molecular weight excluding hydrogens is 240 g/mol. The first-order valence-corrected chi connectivity index (χ1v) is 5.40. The minimum absolute atomic E-state index is 0.286. The van der Waals surface area contributed by atoms with Gasteiger partial charge in [0.05, 0.1) is 14.2 Å². The Bertz CT molecular complexity index is 456. The Morgan fingerprint density at radius 2 is 1.89 bits per heavy atom. The molecule has 0 aliphatic carbocycles. The second-order valence-corrected chi connectivity index (χ2v) is 3.66. The minimum atomic E-state index is -1.42. The normalized spacial score (nSPS) is 14.8. The van der Waals surface area contributed by atoms with Gasteiger partial charge in [0.1, 0.15) is 19.0 Å². The Balaban J connectivity index is 2.42. The lowest BCUT2D eigenvalue weighted by molar-refractivity contribution is -0.150. The van der Waals surface area contributed by atoms with Gasteiger partial charge in [0.25, 0.3) is 0 Å². The van der Waals surface area contributed by atoms with Gasteiger partial charge in [0.2, 0.25) is 0 Å². The summed E-state index contributed by atoms with van der Waals surface area (Å²) in [4.78, 5) is 11.3. The fraction of sp³-hybridized carbons (Fsp3) is 0.417. The van der Waals surface area contributed by atoms with Gasteiger partial charge >= 0.3 is 5.97 Å². The molecule has 0 saturated heterocycles. The number of carbonyl (C=O) groups excluding carboxylic acids is 1. The number of fused-ring (bicyclic) bond motifs is 1. The molecule has 6 heteroatoms. The van der Waals surface area contributed by atoms with E-state index in [1.165, 1.54) is 20.3 Å². The van der Waals surface area contributed by atoms with Crippen molar-refractivity contribution in [3.63, 3.8) is 0 Å². The Labute approximate surface area is 104 Å². The first kappa shape index (κ1) is 12.5. The molecule has 1 aliphatic heterocycles. The Hall–Kier alpha value is -1.95. The van der Waals surface area contributed by atoms with E-state index in [0.29, 0.717) is 30.5 Å². The summed E-state index contributed by atoms with van der Waals surface area (Å²) >= 11 is 0. The van der Waals surface area contributed by atoms with Crippen LogP contribution in [0, 0.1) is 0 Å². The highest BCUT2D eigenvalue weighted by molar-refractivity contribution is 5.77. The van der Waals surface area contributed by atoms with Crippen molar-refractivity contribution in [2.24, 2.45) is 0 Å². The molecule has 1 unspecified atom stereocenters. The van der Waals surface area contributed by atoms with Gasteiger partial charge in [-0.2, -0.15) is 0 Å². The molecule has 6 nitrogen and oxygen atoms in total. The lowest BCUT2D eigenvalue weighted by Crippen LogP contribution is -2.18. The number of hydrogen-bond donors (Lipinski definition) is 1. The van der Waals surface area contributed by atoms with Crippen LogP contribution in [0.2, 0.25) is 0 Å². The summed E-state index contributed by atoms with van der Waals surface area (Å²) in [6.07, 6.45) is -1.42. The number of benzene rings is 1. The van der Waals surface area contributed by atoms with E-state index in [1.807, 2.05) is 0 Å². The zero-order valence-electron chi connectivity index (χ0n) is 10.1. The van der Waals surface area contributed by atoms with Gasteiger partial charge in [-0.05, 0) is 6.07 Å². The van der Waals surface area contributed by atoms with Gasteiger partial charge in [-0.3, -0.25) is 0 Å². The van der Waals surface area contributed by atoms with E-state index in [9.17, 15) is 9.90 Å². The van der Waals surface area contributed by atoms with Crippen molar-refractivity contribution in [2.75, 3.05) is 27.4 Å². The van der Waals surface area contributed by atoms with Crippen LogP contribution in [0.4, 0.5) is 0 Å². The molecule has 0 saturated carbocycles. The zero-order chi connectivity index (χ0) is 13.1. The van der Waals surface area contributed by atoms with E-state index < -0.39 is 12.1 Å². The number of carbonyl (C=O) groups is 1. The minimum Gasteiger partial charge on any atom is -0.496 e. The number of ether oxygens (including phenoxy) is 4. The van der Waals surface area contributed by atoms with Crippen molar-refractivity contribution in [2.45, 2.75) is 6.10 Å². The van der Waals surface area contributed by atoms with Gasteiger partial charge in [-0.1, -0.05) is 0 Å². The average Bonchev–Trinajstić information content (AvgIpc) is 2.44. The summed E-state index contributed by atoms with van der Waals surface area (Å²) in [6.45, 7) is 0.877. The highest BCUT2D eigenvalue weighted by Gasteiger charge is 2.25. The third-order valence-electron chi connectivity index (χ3n) is 2.61. The van der Waals surface area contributed by atoms with Crippen molar-refractivity contribution in [3.8, 4) is 17.2 Å². The number of methoxy groups -OCH3 is 2. The van der Waals surface area contributed by atoms with E-state index in [4.69, 9.17) is 14.2 Å². The van der Waals surface area contributed by atoms with Crippen LogP contribution in [0.1, 0.15) is 11.7 Å².